The molecule has 118 valence electrons. The van der Waals surface area contributed by atoms with Gasteiger partial charge < -0.3 is 10.8 Å². The lowest BCUT2D eigenvalue weighted by molar-refractivity contribution is 0.0697. The molecule has 0 atom stereocenters. The van der Waals surface area contributed by atoms with E-state index in [2.05, 4.69) is 15.0 Å². The SMILES string of the molecule is Nc1nc2sc(CCCc3ccc(C(=O)O)cc3)nc2c(=O)[nH]1. The molecular weight excluding hydrogens is 316 g/mol. The number of anilines is 1. The van der Waals surface area contributed by atoms with E-state index in [1.54, 1.807) is 12.1 Å². The molecule has 0 bridgehead atoms. The fourth-order valence-electron chi connectivity index (χ4n) is 2.26. The number of H-pyrrole nitrogens is 1. The number of carboxylic acids is 1. The van der Waals surface area contributed by atoms with Crippen molar-refractivity contribution in [1.82, 2.24) is 15.0 Å². The first-order chi connectivity index (χ1) is 11.0. The highest BCUT2D eigenvalue weighted by Gasteiger charge is 2.09. The molecule has 0 unspecified atom stereocenters. The summed E-state index contributed by atoms with van der Waals surface area (Å²) in [5.74, 6) is -0.834. The number of aromatic amines is 1. The Morgan fingerprint density at radius 2 is 1.96 bits per heavy atom. The van der Waals surface area contributed by atoms with Crippen molar-refractivity contribution >= 4 is 33.6 Å². The van der Waals surface area contributed by atoms with Gasteiger partial charge >= 0.3 is 5.97 Å². The van der Waals surface area contributed by atoms with E-state index in [9.17, 15) is 9.59 Å². The number of rotatable bonds is 5. The average molecular weight is 330 g/mol. The zero-order valence-electron chi connectivity index (χ0n) is 12.1. The van der Waals surface area contributed by atoms with Gasteiger partial charge in [0.2, 0.25) is 5.95 Å². The van der Waals surface area contributed by atoms with Crippen molar-refractivity contribution in [1.29, 1.82) is 0 Å². The molecule has 2 aromatic heterocycles. The predicted molar refractivity (Wildman–Crippen MR) is 87.9 cm³/mol. The number of aryl methyl sites for hydroxylation is 2. The van der Waals surface area contributed by atoms with Crippen LogP contribution in [0.5, 0.6) is 0 Å². The number of fused-ring (bicyclic) bond motifs is 1. The minimum atomic E-state index is -0.928. The number of nitrogens with two attached hydrogens (primary N) is 1. The van der Waals surface area contributed by atoms with Crippen LogP contribution in [0.15, 0.2) is 29.1 Å². The Morgan fingerprint density at radius 1 is 1.22 bits per heavy atom. The Bertz CT molecular complexity index is 915. The van der Waals surface area contributed by atoms with Gasteiger partial charge in [-0.2, -0.15) is 0 Å². The maximum absolute atomic E-state index is 11.7. The van der Waals surface area contributed by atoms with Gasteiger partial charge in [-0.15, -0.1) is 0 Å². The van der Waals surface area contributed by atoms with Crippen LogP contribution in [0.3, 0.4) is 0 Å². The number of nitrogens with one attached hydrogen (secondary N) is 1. The predicted octanol–water partition coefficient (Wildman–Crippen LogP) is 1.84. The van der Waals surface area contributed by atoms with Gasteiger partial charge in [0.05, 0.1) is 10.6 Å². The molecule has 0 spiro atoms. The molecule has 3 aromatic rings. The molecule has 2 heterocycles. The van der Waals surface area contributed by atoms with Gasteiger partial charge in [-0.1, -0.05) is 23.5 Å². The van der Waals surface area contributed by atoms with Crippen LogP contribution < -0.4 is 11.3 Å². The number of aromatic carboxylic acids is 1. The lowest BCUT2D eigenvalue weighted by atomic mass is 10.1. The number of carboxylic acid groups (broad SMARTS) is 1. The Balaban J connectivity index is 1.65. The summed E-state index contributed by atoms with van der Waals surface area (Å²) >= 11 is 1.37. The first kappa shape index (κ1) is 15.2. The molecule has 3 rings (SSSR count). The zero-order chi connectivity index (χ0) is 16.4. The summed E-state index contributed by atoms with van der Waals surface area (Å²) in [5.41, 5.74) is 6.86. The van der Waals surface area contributed by atoms with Crippen molar-refractivity contribution in [2.75, 3.05) is 5.73 Å². The maximum atomic E-state index is 11.7. The van der Waals surface area contributed by atoms with E-state index < -0.39 is 5.97 Å². The first-order valence-corrected chi connectivity index (χ1v) is 7.82. The summed E-state index contributed by atoms with van der Waals surface area (Å²) in [6.07, 6.45) is 2.38. The second-order valence-electron chi connectivity index (χ2n) is 5.07. The molecule has 4 N–H and O–H groups in total. The standard InChI is InChI=1S/C15H14N4O3S/c16-15-18-12(20)11-13(19-15)23-10(17-11)3-1-2-8-4-6-9(7-5-8)14(21)22/h4-7H,1-3H2,(H,21,22)(H3,16,18,19,20). The lowest BCUT2D eigenvalue weighted by Crippen LogP contribution is -2.10. The topological polar surface area (TPSA) is 122 Å². The molecular formula is C15H14N4O3S. The zero-order valence-corrected chi connectivity index (χ0v) is 12.9. The van der Waals surface area contributed by atoms with Crippen molar-refractivity contribution in [3.63, 3.8) is 0 Å². The third kappa shape index (κ3) is 3.37. The Morgan fingerprint density at radius 3 is 2.65 bits per heavy atom. The average Bonchev–Trinajstić information content (AvgIpc) is 2.91. The summed E-state index contributed by atoms with van der Waals surface area (Å²) in [5, 5.41) is 9.70. The summed E-state index contributed by atoms with van der Waals surface area (Å²) in [7, 11) is 0. The van der Waals surface area contributed by atoms with Crippen molar-refractivity contribution in [2.24, 2.45) is 0 Å². The molecule has 0 aliphatic rings. The van der Waals surface area contributed by atoms with Crippen LogP contribution in [0.4, 0.5) is 5.95 Å². The third-order valence-corrected chi connectivity index (χ3v) is 4.40. The Labute approximate surface area is 134 Å². The van der Waals surface area contributed by atoms with E-state index in [0.717, 1.165) is 29.8 Å². The summed E-state index contributed by atoms with van der Waals surface area (Å²) in [4.78, 5) is 33.9. The van der Waals surface area contributed by atoms with Crippen LogP contribution in [0.1, 0.15) is 27.3 Å². The van der Waals surface area contributed by atoms with E-state index in [1.807, 2.05) is 12.1 Å². The van der Waals surface area contributed by atoms with Crippen LogP contribution in [-0.2, 0) is 12.8 Å². The van der Waals surface area contributed by atoms with Crippen molar-refractivity contribution < 1.29 is 9.90 Å². The quantitative estimate of drug-likeness (QED) is 0.656. The molecule has 0 saturated carbocycles. The highest BCUT2D eigenvalue weighted by atomic mass is 32.1. The molecule has 0 amide bonds. The highest BCUT2D eigenvalue weighted by Crippen LogP contribution is 2.19. The van der Waals surface area contributed by atoms with Gasteiger partial charge in [-0.05, 0) is 37.0 Å². The molecule has 8 heteroatoms. The van der Waals surface area contributed by atoms with Crippen LogP contribution in [0, 0.1) is 0 Å². The molecule has 1 aromatic carbocycles. The number of nitrogens with zero attached hydrogens (tertiary/aromatic N) is 2. The number of aromatic nitrogens is 3. The second-order valence-corrected chi connectivity index (χ2v) is 6.13. The largest absolute Gasteiger partial charge is 0.478 e. The smallest absolute Gasteiger partial charge is 0.335 e. The van der Waals surface area contributed by atoms with Gasteiger partial charge in [-0.3, -0.25) is 9.78 Å². The van der Waals surface area contributed by atoms with Gasteiger partial charge in [-0.25, -0.2) is 14.8 Å². The molecule has 7 nitrogen and oxygen atoms in total. The van der Waals surface area contributed by atoms with Crippen molar-refractivity contribution in [3.8, 4) is 0 Å². The molecule has 0 radical (unpaired) electrons. The fraction of sp³-hybridized carbons (Fsp3) is 0.200. The number of nitrogen functional groups attached to an aromatic ring is 1. The van der Waals surface area contributed by atoms with Gasteiger partial charge in [0.25, 0.3) is 5.56 Å². The number of hydrogen-bond acceptors (Lipinski definition) is 6. The Kier molecular flexibility index (Phi) is 4.07. The van der Waals surface area contributed by atoms with E-state index in [4.69, 9.17) is 10.8 Å². The maximum Gasteiger partial charge on any atom is 0.335 e. The Hall–Kier alpha value is -2.74. The van der Waals surface area contributed by atoms with Crippen molar-refractivity contribution in [3.05, 3.63) is 50.8 Å². The summed E-state index contributed by atoms with van der Waals surface area (Å²) in [6, 6.07) is 6.83. The molecule has 0 aliphatic carbocycles. The van der Waals surface area contributed by atoms with Gasteiger partial charge in [0.1, 0.15) is 0 Å². The third-order valence-electron chi connectivity index (χ3n) is 3.39. The van der Waals surface area contributed by atoms with Crippen LogP contribution in [0.25, 0.3) is 10.3 Å². The number of hydrogen-bond donors (Lipinski definition) is 3. The molecule has 0 fully saturated rings. The van der Waals surface area contributed by atoms with Crippen LogP contribution in [-0.4, -0.2) is 26.0 Å². The number of benzene rings is 1. The molecule has 0 aliphatic heterocycles. The number of thiazole rings is 1. The highest BCUT2D eigenvalue weighted by molar-refractivity contribution is 7.18. The van der Waals surface area contributed by atoms with E-state index >= 15 is 0 Å². The van der Waals surface area contributed by atoms with Gasteiger partial charge in [0, 0.05) is 0 Å². The van der Waals surface area contributed by atoms with E-state index in [1.165, 1.54) is 11.3 Å². The van der Waals surface area contributed by atoms with Crippen LogP contribution >= 0.6 is 11.3 Å². The summed E-state index contributed by atoms with van der Waals surface area (Å²) in [6.45, 7) is 0. The van der Waals surface area contributed by atoms with E-state index in [-0.39, 0.29) is 17.1 Å². The number of carbonyl (C=O) groups is 1. The van der Waals surface area contributed by atoms with E-state index in [0.29, 0.717) is 10.3 Å². The van der Waals surface area contributed by atoms with Crippen LogP contribution in [0.2, 0.25) is 0 Å². The van der Waals surface area contributed by atoms with Crippen molar-refractivity contribution in [2.45, 2.75) is 19.3 Å². The molecule has 0 saturated heterocycles. The summed E-state index contributed by atoms with van der Waals surface area (Å²) < 4.78 is 0. The minimum Gasteiger partial charge on any atom is -0.478 e. The normalized spacial score (nSPS) is 11.0. The fourth-order valence-corrected chi connectivity index (χ4v) is 3.24. The molecule has 23 heavy (non-hydrogen) atoms. The monoisotopic (exact) mass is 330 g/mol. The second kappa shape index (κ2) is 6.17. The lowest BCUT2D eigenvalue weighted by Gasteiger charge is -2.01. The minimum absolute atomic E-state index is 0.0937. The van der Waals surface area contributed by atoms with Gasteiger partial charge in [0.15, 0.2) is 10.3 Å². The first-order valence-electron chi connectivity index (χ1n) is 7.00.